The molecule has 0 radical (unpaired) electrons. The summed E-state index contributed by atoms with van der Waals surface area (Å²) < 4.78 is 40.3. The Morgan fingerprint density at radius 2 is 1.56 bits per heavy atom. The van der Waals surface area contributed by atoms with Crippen molar-refractivity contribution in [2.45, 2.75) is 70.5 Å². The Hall–Kier alpha value is -4.42. The number of fused-ring (bicyclic) bond motifs is 4. The van der Waals surface area contributed by atoms with Gasteiger partial charge in [0.25, 0.3) is 11.8 Å². The average molecular weight is 756 g/mol. The Morgan fingerprint density at radius 1 is 0.923 bits per heavy atom. The second kappa shape index (κ2) is 12.1. The van der Waals surface area contributed by atoms with Gasteiger partial charge in [-0.3, -0.25) is 29.5 Å². The Kier molecular flexibility index (Phi) is 8.34. The molecule has 6 atom stereocenters. The van der Waals surface area contributed by atoms with E-state index in [1.54, 1.807) is 71.0 Å². The number of likely N-dealkylation sites (tertiary alicyclic amines) is 1. The molecule has 3 heterocycles. The summed E-state index contributed by atoms with van der Waals surface area (Å²) in [6, 6.07) is 10.7. The molecule has 2 aliphatic heterocycles. The van der Waals surface area contributed by atoms with Gasteiger partial charge in [0.15, 0.2) is 5.82 Å². The SMILES string of the molecule is Cc1cc([C@H]2C3=CC[C@@H]4C(=O)N(C(C)(C)C)C(=O)[C@@H]4[C@@H]3C[C@H]3C(=O)N(Nc4ncc(C(F)(F)F)cc4Cl)C(=O)[C@@]23c2ccc(Cl)cc2)cc(C)c1O. The molecule has 3 aromatic rings. The molecule has 2 saturated heterocycles. The van der Waals surface area contributed by atoms with E-state index in [0.29, 0.717) is 45.1 Å². The Labute approximate surface area is 307 Å². The van der Waals surface area contributed by atoms with Gasteiger partial charge in [-0.05, 0) is 93.8 Å². The van der Waals surface area contributed by atoms with Gasteiger partial charge in [-0.15, -0.1) is 0 Å². The summed E-state index contributed by atoms with van der Waals surface area (Å²) in [7, 11) is 0. The number of alkyl halides is 3. The molecule has 7 rings (SSSR count). The molecule has 14 heteroatoms. The molecule has 1 saturated carbocycles. The summed E-state index contributed by atoms with van der Waals surface area (Å²) in [4.78, 5) is 63.2. The van der Waals surface area contributed by atoms with Crippen LogP contribution in [0.4, 0.5) is 19.0 Å². The number of carbonyl (C=O) groups excluding carboxylic acids is 4. The second-order valence-electron chi connectivity index (χ2n) is 15.1. The van der Waals surface area contributed by atoms with Gasteiger partial charge in [0.2, 0.25) is 11.8 Å². The van der Waals surface area contributed by atoms with Crippen LogP contribution in [0.25, 0.3) is 0 Å². The molecular formula is C38H35Cl2F3N4O5. The molecule has 1 aromatic heterocycles. The minimum absolute atomic E-state index is 0.0100. The van der Waals surface area contributed by atoms with Gasteiger partial charge in [0.1, 0.15) is 5.75 Å². The molecule has 4 amide bonds. The van der Waals surface area contributed by atoms with Gasteiger partial charge >= 0.3 is 6.18 Å². The number of imide groups is 2. The first kappa shape index (κ1) is 36.0. The van der Waals surface area contributed by atoms with Crippen molar-refractivity contribution in [3.63, 3.8) is 0 Å². The van der Waals surface area contributed by atoms with Crippen LogP contribution in [-0.4, -0.2) is 49.2 Å². The van der Waals surface area contributed by atoms with Crippen LogP contribution in [0.1, 0.15) is 67.3 Å². The molecule has 272 valence electrons. The van der Waals surface area contributed by atoms with Crippen LogP contribution in [0.5, 0.6) is 5.75 Å². The van der Waals surface area contributed by atoms with E-state index in [0.717, 1.165) is 5.01 Å². The molecule has 0 bridgehead atoms. The first-order chi connectivity index (χ1) is 24.3. The summed E-state index contributed by atoms with van der Waals surface area (Å²) in [5.74, 6) is -6.46. The zero-order valence-electron chi connectivity index (χ0n) is 28.8. The number of benzene rings is 2. The second-order valence-corrected chi connectivity index (χ2v) is 15.9. The third kappa shape index (κ3) is 5.23. The fourth-order valence-corrected chi connectivity index (χ4v) is 9.31. The van der Waals surface area contributed by atoms with Crippen molar-refractivity contribution in [1.29, 1.82) is 0 Å². The molecule has 2 aromatic carbocycles. The van der Waals surface area contributed by atoms with Crippen molar-refractivity contribution in [3.8, 4) is 5.75 Å². The fourth-order valence-electron chi connectivity index (χ4n) is 8.98. The van der Waals surface area contributed by atoms with E-state index in [-0.39, 0.29) is 36.2 Å². The van der Waals surface area contributed by atoms with Crippen molar-refractivity contribution in [2.24, 2.45) is 23.7 Å². The van der Waals surface area contributed by atoms with E-state index < -0.39 is 69.1 Å². The summed E-state index contributed by atoms with van der Waals surface area (Å²) in [5, 5.41) is 11.5. The number of phenolic OH excluding ortho intramolecular Hbond substituents is 1. The largest absolute Gasteiger partial charge is 0.507 e. The number of hydrogen-bond donors (Lipinski definition) is 2. The van der Waals surface area contributed by atoms with E-state index in [9.17, 15) is 32.7 Å². The van der Waals surface area contributed by atoms with E-state index in [1.807, 2.05) is 6.08 Å². The van der Waals surface area contributed by atoms with Crippen LogP contribution in [0.2, 0.25) is 10.0 Å². The number of hydrazine groups is 1. The maximum Gasteiger partial charge on any atom is 0.417 e. The van der Waals surface area contributed by atoms with Gasteiger partial charge in [-0.2, -0.15) is 18.2 Å². The summed E-state index contributed by atoms with van der Waals surface area (Å²) >= 11 is 12.6. The molecular weight excluding hydrogens is 720 g/mol. The van der Waals surface area contributed by atoms with Gasteiger partial charge < -0.3 is 5.11 Å². The van der Waals surface area contributed by atoms with Crippen LogP contribution in [0, 0.1) is 37.5 Å². The molecule has 9 nitrogen and oxygen atoms in total. The summed E-state index contributed by atoms with van der Waals surface area (Å²) in [6.45, 7) is 8.80. The third-order valence-corrected chi connectivity index (χ3v) is 11.6. The summed E-state index contributed by atoms with van der Waals surface area (Å²) in [6.07, 6.45) is -2.03. The van der Waals surface area contributed by atoms with Crippen molar-refractivity contribution < 1.29 is 37.5 Å². The first-order valence-corrected chi connectivity index (χ1v) is 17.6. The predicted molar refractivity (Wildman–Crippen MR) is 186 cm³/mol. The van der Waals surface area contributed by atoms with Crippen LogP contribution in [0.15, 0.2) is 60.3 Å². The predicted octanol–water partition coefficient (Wildman–Crippen LogP) is 7.51. The van der Waals surface area contributed by atoms with Crippen molar-refractivity contribution in [2.75, 3.05) is 5.43 Å². The Bertz CT molecular complexity index is 2070. The molecule has 0 unspecified atom stereocenters. The molecule has 2 aliphatic carbocycles. The number of hydrogen-bond acceptors (Lipinski definition) is 7. The van der Waals surface area contributed by atoms with Gasteiger partial charge in [-0.25, -0.2) is 4.98 Å². The number of amides is 4. The Morgan fingerprint density at radius 3 is 2.13 bits per heavy atom. The lowest BCUT2D eigenvalue weighted by Crippen LogP contribution is -2.53. The number of pyridine rings is 1. The van der Waals surface area contributed by atoms with Crippen LogP contribution < -0.4 is 5.43 Å². The number of allylic oxidation sites excluding steroid dienone is 2. The highest BCUT2D eigenvalue weighted by molar-refractivity contribution is 6.33. The average Bonchev–Trinajstić information content (AvgIpc) is 3.45. The standard InChI is InChI=1S/C38H35Cl2F3N4O5/c1-17-12-19(13-18(2)30(17)48)29-23-10-11-24-28(34(51)46(32(24)49)36(3,4)5)25(23)15-26-33(50)47(35(52)37(26,29)20-6-8-22(39)9-7-20)45-31-27(40)14-21(16-44-31)38(41,42)43/h6-10,12-14,16,24-26,28-29,48H,11,15H2,1-5H3,(H,44,45)/t24-,25+,26-,28-,29-,37+/m0/s1. The smallest absolute Gasteiger partial charge is 0.417 e. The van der Waals surface area contributed by atoms with Gasteiger partial charge in [0.05, 0.1) is 33.8 Å². The fraction of sp³-hybridized carbons (Fsp3) is 0.395. The quantitative estimate of drug-likeness (QED) is 0.209. The van der Waals surface area contributed by atoms with E-state index in [2.05, 4.69) is 10.4 Å². The maximum absolute atomic E-state index is 15.3. The molecule has 0 spiro atoms. The number of aromatic hydroxyl groups is 1. The topological polar surface area (TPSA) is 120 Å². The highest BCUT2D eigenvalue weighted by Crippen LogP contribution is 2.64. The van der Waals surface area contributed by atoms with E-state index in [4.69, 9.17) is 23.2 Å². The van der Waals surface area contributed by atoms with Crippen LogP contribution in [-0.2, 0) is 30.8 Å². The van der Waals surface area contributed by atoms with Crippen molar-refractivity contribution >= 4 is 52.6 Å². The molecule has 2 N–H and O–H groups in total. The van der Waals surface area contributed by atoms with E-state index >= 15 is 4.79 Å². The summed E-state index contributed by atoms with van der Waals surface area (Å²) in [5.41, 5.74) is 1.84. The third-order valence-electron chi connectivity index (χ3n) is 11.1. The molecule has 3 fully saturated rings. The number of phenols is 1. The maximum atomic E-state index is 15.3. The zero-order chi connectivity index (χ0) is 37.8. The lowest BCUT2D eigenvalue weighted by atomic mass is 9.49. The minimum atomic E-state index is -4.74. The highest BCUT2D eigenvalue weighted by atomic mass is 35.5. The van der Waals surface area contributed by atoms with E-state index in [1.165, 1.54) is 4.90 Å². The molecule has 52 heavy (non-hydrogen) atoms. The van der Waals surface area contributed by atoms with Crippen molar-refractivity contribution in [3.05, 3.63) is 98.2 Å². The Balaban J connectivity index is 1.46. The number of nitrogens with one attached hydrogen (secondary N) is 1. The lowest BCUT2D eigenvalue weighted by molar-refractivity contribution is -0.146. The van der Waals surface area contributed by atoms with Crippen molar-refractivity contribution in [1.82, 2.24) is 14.9 Å². The highest BCUT2D eigenvalue weighted by Gasteiger charge is 2.70. The van der Waals surface area contributed by atoms with Crippen LogP contribution in [0.3, 0.4) is 0 Å². The number of nitrogens with zero attached hydrogens (tertiary/aromatic N) is 3. The van der Waals surface area contributed by atoms with Crippen LogP contribution >= 0.6 is 23.2 Å². The monoisotopic (exact) mass is 754 g/mol. The number of anilines is 1. The number of halogens is 5. The number of aromatic nitrogens is 1. The number of carbonyl (C=O) groups is 4. The normalized spacial score (nSPS) is 27.4. The first-order valence-electron chi connectivity index (χ1n) is 16.8. The minimum Gasteiger partial charge on any atom is -0.507 e. The van der Waals surface area contributed by atoms with Gasteiger partial charge in [-0.1, -0.05) is 59.1 Å². The van der Waals surface area contributed by atoms with Gasteiger partial charge in [0, 0.05) is 22.7 Å². The lowest BCUT2D eigenvalue weighted by Gasteiger charge is -2.50. The number of rotatable bonds is 4. The number of aryl methyl sites for hydroxylation is 2. The zero-order valence-corrected chi connectivity index (χ0v) is 30.3. The molecule has 4 aliphatic rings.